The topological polar surface area (TPSA) is 58.9 Å². The Balaban J connectivity index is 1.69. The number of halogens is 1. The number of aromatic nitrogens is 1. The normalized spacial score (nSPS) is 11.2. The fraction of sp³-hybridized carbons (Fsp3) is 0. The molecule has 0 amide bonds. The van der Waals surface area contributed by atoms with Crippen molar-refractivity contribution in [3.8, 4) is 22.3 Å². The van der Waals surface area contributed by atoms with Crippen molar-refractivity contribution in [1.29, 1.82) is 0 Å². The Labute approximate surface area is 172 Å². The van der Waals surface area contributed by atoms with E-state index in [0.29, 0.717) is 5.56 Å². The standard InChI is InChI=1S/C25H17ClN2O/c26-25(29)16-10-8-15(9-11-16)17-12-13-20-23(14-17)28-22-7-3-5-19(24(20)22)18-4-1-2-6-21(18)27/h1-14,28H,27H2. The third-order valence-electron chi connectivity index (χ3n) is 5.32. The van der Waals surface area contributed by atoms with Crippen LogP contribution in [0.3, 0.4) is 0 Å². The van der Waals surface area contributed by atoms with Crippen LogP contribution in [0.1, 0.15) is 10.4 Å². The molecule has 29 heavy (non-hydrogen) atoms. The van der Waals surface area contributed by atoms with Gasteiger partial charge < -0.3 is 10.7 Å². The van der Waals surface area contributed by atoms with Crippen molar-refractivity contribution in [2.45, 2.75) is 0 Å². The molecule has 1 aromatic heterocycles. The second-order valence-electron chi connectivity index (χ2n) is 7.05. The third-order valence-corrected chi connectivity index (χ3v) is 5.54. The summed E-state index contributed by atoms with van der Waals surface area (Å²) in [6.45, 7) is 0. The maximum Gasteiger partial charge on any atom is 0.252 e. The van der Waals surface area contributed by atoms with E-state index in [-0.39, 0.29) is 0 Å². The van der Waals surface area contributed by atoms with Gasteiger partial charge in [-0.3, -0.25) is 4.79 Å². The highest BCUT2D eigenvalue weighted by molar-refractivity contribution is 6.67. The molecule has 0 aliphatic rings. The molecule has 0 spiro atoms. The van der Waals surface area contributed by atoms with Gasteiger partial charge in [0.2, 0.25) is 0 Å². The van der Waals surface area contributed by atoms with E-state index in [0.717, 1.165) is 49.7 Å². The SMILES string of the molecule is Nc1ccccc1-c1cccc2[nH]c3cc(-c4ccc(C(=O)Cl)cc4)ccc3c12. The quantitative estimate of drug-likeness (QED) is 0.266. The molecule has 0 fully saturated rings. The molecule has 140 valence electrons. The summed E-state index contributed by atoms with van der Waals surface area (Å²) in [4.78, 5) is 14.8. The maximum atomic E-state index is 11.3. The zero-order chi connectivity index (χ0) is 20.0. The highest BCUT2D eigenvalue weighted by atomic mass is 35.5. The molecule has 3 nitrogen and oxygen atoms in total. The molecule has 1 heterocycles. The lowest BCUT2D eigenvalue weighted by Crippen LogP contribution is -1.89. The van der Waals surface area contributed by atoms with Crippen LogP contribution >= 0.6 is 11.6 Å². The van der Waals surface area contributed by atoms with Crippen LogP contribution in [0.5, 0.6) is 0 Å². The number of nitrogens with one attached hydrogen (secondary N) is 1. The lowest BCUT2D eigenvalue weighted by Gasteiger charge is -2.08. The number of benzene rings is 4. The predicted molar refractivity (Wildman–Crippen MR) is 121 cm³/mol. The Morgan fingerprint density at radius 1 is 0.759 bits per heavy atom. The van der Waals surface area contributed by atoms with Crippen LogP contribution in [0.15, 0.2) is 84.9 Å². The molecule has 4 aromatic carbocycles. The largest absolute Gasteiger partial charge is 0.398 e. The summed E-state index contributed by atoms with van der Waals surface area (Å²) < 4.78 is 0. The van der Waals surface area contributed by atoms with Gasteiger partial charge in [-0.2, -0.15) is 0 Å². The molecule has 0 aliphatic heterocycles. The Bertz CT molecular complexity index is 1380. The molecule has 0 saturated carbocycles. The smallest absolute Gasteiger partial charge is 0.252 e. The number of carbonyl (C=O) groups excluding carboxylic acids is 1. The van der Waals surface area contributed by atoms with Crippen LogP contribution in [-0.4, -0.2) is 10.2 Å². The van der Waals surface area contributed by atoms with Gasteiger partial charge in [0.1, 0.15) is 0 Å². The molecule has 0 bridgehead atoms. The van der Waals surface area contributed by atoms with Crippen molar-refractivity contribution < 1.29 is 4.79 Å². The van der Waals surface area contributed by atoms with E-state index in [4.69, 9.17) is 17.3 Å². The molecule has 0 saturated heterocycles. The predicted octanol–water partition coefficient (Wildman–Crippen LogP) is 6.62. The van der Waals surface area contributed by atoms with Crippen LogP contribution in [0.25, 0.3) is 44.1 Å². The number of para-hydroxylation sites is 1. The van der Waals surface area contributed by atoms with Gasteiger partial charge in [0.25, 0.3) is 5.24 Å². The monoisotopic (exact) mass is 396 g/mol. The molecular formula is C25H17ClN2O. The summed E-state index contributed by atoms with van der Waals surface area (Å²) in [6, 6.07) is 27.8. The summed E-state index contributed by atoms with van der Waals surface area (Å²) >= 11 is 5.55. The molecule has 4 heteroatoms. The Hall–Kier alpha value is -3.56. The Morgan fingerprint density at radius 2 is 1.48 bits per heavy atom. The van der Waals surface area contributed by atoms with Gasteiger partial charge in [0, 0.05) is 38.6 Å². The Kier molecular flexibility index (Phi) is 4.11. The minimum absolute atomic E-state index is 0.449. The first-order valence-corrected chi connectivity index (χ1v) is 9.69. The average Bonchev–Trinajstić information content (AvgIpc) is 3.12. The molecule has 3 N–H and O–H groups in total. The summed E-state index contributed by atoms with van der Waals surface area (Å²) in [6.07, 6.45) is 0. The van der Waals surface area contributed by atoms with Crippen LogP contribution < -0.4 is 5.73 Å². The second kappa shape index (κ2) is 6.80. The minimum atomic E-state index is -0.449. The third kappa shape index (κ3) is 2.96. The van der Waals surface area contributed by atoms with E-state index >= 15 is 0 Å². The van der Waals surface area contributed by atoms with Crippen molar-refractivity contribution in [1.82, 2.24) is 4.98 Å². The van der Waals surface area contributed by atoms with Crippen LogP contribution in [0.2, 0.25) is 0 Å². The molecule has 5 aromatic rings. The van der Waals surface area contributed by atoms with E-state index in [1.54, 1.807) is 12.1 Å². The van der Waals surface area contributed by atoms with Crippen LogP contribution in [0.4, 0.5) is 5.69 Å². The zero-order valence-corrected chi connectivity index (χ0v) is 16.2. The van der Waals surface area contributed by atoms with Gasteiger partial charge in [0.05, 0.1) is 0 Å². The average molecular weight is 397 g/mol. The first-order valence-electron chi connectivity index (χ1n) is 9.31. The summed E-state index contributed by atoms with van der Waals surface area (Å²) in [5.41, 5.74) is 13.9. The summed E-state index contributed by atoms with van der Waals surface area (Å²) in [5.74, 6) is 0. The number of nitrogen functional groups attached to an aromatic ring is 1. The second-order valence-corrected chi connectivity index (χ2v) is 7.40. The highest BCUT2D eigenvalue weighted by Crippen LogP contribution is 2.38. The van der Waals surface area contributed by atoms with Crippen molar-refractivity contribution in [3.63, 3.8) is 0 Å². The van der Waals surface area contributed by atoms with Gasteiger partial charge in [-0.1, -0.05) is 54.6 Å². The Morgan fingerprint density at radius 3 is 2.24 bits per heavy atom. The van der Waals surface area contributed by atoms with Gasteiger partial charge in [-0.05, 0) is 58.6 Å². The van der Waals surface area contributed by atoms with Gasteiger partial charge in [-0.15, -0.1) is 0 Å². The molecule has 0 aliphatic carbocycles. The molecule has 0 radical (unpaired) electrons. The zero-order valence-electron chi connectivity index (χ0n) is 15.4. The van der Waals surface area contributed by atoms with Crippen LogP contribution in [-0.2, 0) is 0 Å². The summed E-state index contributed by atoms with van der Waals surface area (Å²) in [7, 11) is 0. The van der Waals surface area contributed by atoms with Gasteiger partial charge in [-0.25, -0.2) is 0 Å². The number of rotatable bonds is 3. The lowest BCUT2D eigenvalue weighted by atomic mass is 9.97. The number of anilines is 1. The minimum Gasteiger partial charge on any atom is -0.398 e. The van der Waals surface area contributed by atoms with Gasteiger partial charge in [0.15, 0.2) is 0 Å². The number of aromatic amines is 1. The fourth-order valence-corrected chi connectivity index (χ4v) is 4.02. The van der Waals surface area contributed by atoms with Crippen molar-refractivity contribution in [2.75, 3.05) is 5.73 Å². The van der Waals surface area contributed by atoms with Crippen molar-refractivity contribution >= 4 is 44.3 Å². The van der Waals surface area contributed by atoms with E-state index < -0.39 is 5.24 Å². The number of hydrogen-bond acceptors (Lipinski definition) is 2. The first kappa shape index (κ1) is 17.5. The summed E-state index contributed by atoms with van der Waals surface area (Å²) in [5, 5.41) is 1.86. The maximum absolute atomic E-state index is 11.3. The number of fused-ring (bicyclic) bond motifs is 3. The van der Waals surface area contributed by atoms with Crippen molar-refractivity contribution in [2.24, 2.45) is 0 Å². The number of hydrogen-bond donors (Lipinski definition) is 2. The number of H-pyrrole nitrogens is 1. The van der Waals surface area contributed by atoms with Gasteiger partial charge >= 0.3 is 0 Å². The number of nitrogens with two attached hydrogens (primary N) is 1. The fourth-order valence-electron chi connectivity index (χ4n) is 3.90. The molecular weight excluding hydrogens is 380 g/mol. The molecule has 5 rings (SSSR count). The van der Waals surface area contributed by atoms with E-state index in [1.807, 2.05) is 36.4 Å². The molecule has 0 atom stereocenters. The molecule has 0 unspecified atom stereocenters. The van der Waals surface area contributed by atoms with Crippen molar-refractivity contribution in [3.05, 3.63) is 90.5 Å². The van der Waals surface area contributed by atoms with Crippen LogP contribution in [0, 0.1) is 0 Å². The van der Waals surface area contributed by atoms with E-state index in [1.165, 1.54) is 0 Å². The van der Waals surface area contributed by atoms with E-state index in [9.17, 15) is 4.79 Å². The lowest BCUT2D eigenvalue weighted by molar-refractivity contribution is 0.108. The van der Waals surface area contributed by atoms with E-state index in [2.05, 4.69) is 41.4 Å². The number of carbonyl (C=O) groups is 1. The highest BCUT2D eigenvalue weighted by Gasteiger charge is 2.13. The first-order chi connectivity index (χ1) is 14.1.